The van der Waals surface area contributed by atoms with Crippen LogP contribution in [0.2, 0.25) is 0 Å². The zero-order valence-electron chi connectivity index (χ0n) is 29.8. The van der Waals surface area contributed by atoms with Gasteiger partial charge in [0.2, 0.25) is 0 Å². The summed E-state index contributed by atoms with van der Waals surface area (Å²) in [4.78, 5) is 2.36. The van der Waals surface area contributed by atoms with Gasteiger partial charge in [0.1, 0.15) is 22.3 Å². The van der Waals surface area contributed by atoms with E-state index in [1.807, 2.05) is 12.1 Å². The molecule has 0 radical (unpaired) electrons. The normalized spacial score (nSPS) is 11.6. The van der Waals surface area contributed by atoms with Crippen LogP contribution in [0.15, 0.2) is 209 Å². The van der Waals surface area contributed by atoms with Crippen molar-refractivity contribution in [3.63, 3.8) is 0 Å². The number of furan rings is 2. The third kappa shape index (κ3) is 5.20. The Labute approximate surface area is 317 Å². The van der Waals surface area contributed by atoms with Gasteiger partial charge in [-0.3, -0.25) is 0 Å². The van der Waals surface area contributed by atoms with Crippen molar-refractivity contribution in [2.24, 2.45) is 0 Å². The molecule has 0 amide bonds. The molecule has 0 aliphatic rings. The van der Waals surface area contributed by atoms with Crippen molar-refractivity contribution >= 4 is 71.7 Å². The molecule has 2 aromatic heterocycles. The van der Waals surface area contributed by atoms with Gasteiger partial charge in [0.25, 0.3) is 0 Å². The first kappa shape index (κ1) is 31.2. The van der Waals surface area contributed by atoms with E-state index in [1.54, 1.807) is 0 Å². The molecule has 11 rings (SSSR count). The van der Waals surface area contributed by atoms with Crippen LogP contribution in [0.5, 0.6) is 0 Å². The maximum absolute atomic E-state index is 6.58. The van der Waals surface area contributed by atoms with Gasteiger partial charge >= 0.3 is 0 Å². The highest BCUT2D eigenvalue weighted by Gasteiger charge is 2.19. The number of para-hydroxylation sites is 1. The predicted octanol–water partition coefficient (Wildman–Crippen LogP) is 15.1. The van der Waals surface area contributed by atoms with Gasteiger partial charge in [-0.2, -0.15) is 0 Å². The van der Waals surface area contributed by atoms with Crippen LogP contribution in [0.25, 0.3) is 88.0 Å². The van der Waals surface area contributed by atoms with E-state index in [4.69, 9.17) is 8.83 Å². The van der Waals surface area contributed by atoms with Crippen molar-refractivity contribution in [2.75, 3.05) is 4.90 Å². The Hall–Kier alpha value is -7.36. The molecule has 0 unspecified atom stereocenters. The van der Waals surface area contributed by atoms with E-state index in [1.165, 1.54) is 10.9 Å². The molecular weight excluding hydrogens is 671 g/mol. The van der Waals surface area contributed by atoms with E-state index in [0.717, 1.165) is 94.1 Å². The van der Waals surface area contributed by atoms with Gasteiger partial charge < -0.3 is 13.7 Å². The lowest BCUT2D eigenvalue weighted by Gasteiger charge is -2.27. The second-order valence-electron chi connectivity index (χ2n) is 14.1. The molecule has 3 heteroatoms. The molecule has 11 aromatic rings. The number of benzene rings is 9. The van der Waals surface area contributed by atoms with Crippen LogP contribution in [0.3, 0.4) is 0 Å². The summed E-state index contributed by atoms with van der Waals surface area (Å²) in [7, 11) is 0. The maximum atomic E-state index is 6.58. The zero-order valence-corrected chi connectivity index (χ0v) is 29.8. The van der Waals surface area contributed by atoms with Crippen molar-refractivity contribution in [1.82, 2.24) is 0 Å². The van der Waals surface area contributed by atoms with Gasteiger partial charge in [0.05, 0.1) is 0 Å². The Bertz CT molecular complexity index is 3210. The van der Waals surface area contributed by atoms with E-state index in [0.29, 0.717) is 0 Å². The van der Waals surface area contributed by atoms with Gasteiger partial charge in [-0.05, 0) is 99.4 Å². The van der Waals surface area contributed by atoms with Gasteiger partial charge in [-0.1, -0.05) is 140 Å². The number of nitrogens with zero attached hydrogens (tertiary/aromatic N) is 1. The summed E-state index contributed by atoms with van der Waals surface area (Å²) < 4.78 is 12.8. The van der Waals surface area contributed by atoms with Crippen LogP contribution in [0.1, 0.15) is 0 Å². The molecule has 3 nitrogen and oxygen atoms in total. The summed E-state index contributed by atoms with van der Waals surface area (Å²) in [6.45, 7) is 0. The molecule has 9 aromatic carbocycles. The molecule has 0 saturated carbocycles. The van der Waals surface area contributed by atoms with Crippen LogP contribution in [-0.4, -0.2) is 0 Å². The van der Waals surface area contributed by atoms with Crippen molar-refractivity contribution in [3.05, 3.63) is 200 Å². The topological polar surface area (TPSA) is 29.5 Å². The number of hydrogen-bond acceptors (Lipinski definition) is 3. The SMILES string of the molecule is c1ccc(-c2cccc(N(c3ccc(-c4cccc5oc6ccccc6c45)cc3)c3cccc(-c4cccc5oc6c7ccccc7ccc6c45)c3)c2)cc1. The van der Waals surface area contributed by atoms with Crippen molar-refractivity contribution in [2.45, 2.75) is 0 Å². The van der Waals surface area contributed by atoms with Crippen LogP contribution < -0.4 is 4.90 Å². The summed E-state index contributed by atoms with van der Waals surface area (Å²) in [5.74, 6) is 0. The number of hydrogen-bond donors (Lipinski definition) is 0. The lowest BCUT2D eigenvalue weighted by atomic mass is 9.97. The lowest BCUT2D eigenvalue weighted by molar-refractivity contribution is 0.669. The molecule has 0 spiro atoms. The van der Waals surface area contributed by atoms with Gasteiger partial charge in [0.15, 0.2) is 0 Å². The number of fused-ring (bicyclic) bond motifs is 8. The highest BCUT2D eigenvalue weighted by Crippen LogP contribution is 2.43. The summed E-state index contributed by atoms with van der Waals surface area (Å²) in [5, 5.41) is 6.82. The van der Waals surface area contributed by atoms with Gasteiger partial charge in [-0.15, -0.1) is 0 Å². The third-order valence-corrected chi connectivity index (χ3v) is 10.9. The van der Waals surface area contributed by atoms with E-state index in [2.05, 4.69) is 193 Å². The van der Waals surface area contributed by atoms with E-state index >= 15 is 0 Å². The fraction of sp³-hybridized carbons (Fsp3) is 0. The maximum Gasteiger partial charge on any atom is 0.143 e. The zero-order chi connectivity index (χ0) is 36.3. The fourth-order valence-electron chi connectivity index (χ4n) is 8.31. The largest absolute Gasteiger partial charge is 0.456 e. The van der Waals surface area contributed by atoms with Crippen molar-refractivity contribution < 1.29 is 8.83 Å². The standard InChI is InChI=1S/C52H33NO2/c1-2-12-34(13-3-1)37-15-8-17-40(32-37)53(39-29-26-36(27-30-39)42-21-10-24-48-50(42)45-20-6-7-23-47(45)54-48)41-18-9-16-38(33-41)43-22-11-25-49-51(43)46-31-28-35-14-4-5-19-44(35)52(46)55-49/h1-33H. The van der Waals surface area contributed by atoms with E-state index in [-0.39, 0.29) is 0 Å². The molecular formula is C52H33NO2. The monoisotopic (exact) mass is 703 g/mol. The lowest BCUT2D eigenvalue weighted by Crippen LogP contribution is -2.10. The molecule has 0 N–H and O–H groups in total. The Morgan fingerprint density at radius 3 is 1.69 bits per heavy atom. The first-order valence-electron chi connectivity index (χ1n) is 18.7. The minimum absolute atomic E-state index is 0.887. The number of rotatable bonds is 6. The highest BCUT2D eigenvalue weighted by atomic mass is 16.3. The Balaban J connectivity index is 1.07. The summed E-state index contributed by atoms with van der Waals surface area (Å²) in [6.07, 6.45) is 0. The minimum Gasteiger partial charge on any atom is -0.456 e. The van der Waals surface area contributed by atoms with Gasteiger partial charge in [0, 0.05) is 44.0 Å². The summed E-state index contributed by atoms with van der Waals surface area (Å²) >= 11 is 0. The number of anilines is 3. The molecule has 0 atom stereocenters. The van der Waals surface area contributed by atoms with Crippen LogP contribution in [0.4, 0.5) is 17.1 Å². The Morgan fingerprint density at radius 1 is 0.309 bits per heavy atom. The molecule has 0 fully saturated rings. The third-order valence-electron chi connectivity index (χ3n) is 10.9. The molecule has 55 heavy (non-hydrogen) atoms. The van der Waals surface area contributed by atoms with E-state index in [9.17, 15) is 0 Å². The first-order valence-corrected chi connectivity index (χ1v) is 18.7. The molecule has 0 aliphatic heterocycles. The van der Waals surface area contributed by atoms with Crippen LogP contribution in [-0.2, 0) is 0 Å². The molecule has 0 aliphatic carbocycles. The second kappa shape index (κ2) is 12.6. The summed E-state index contributed by atoms with van der Waals surface area (Å²) in [6, 6.07) is 71.0. The first-order chi connectivity index (χ1) is 27.3. The Morgan fingerprint density at radius 2 is 0.891 bits per heavy atom. The average molecular weight is 704 g/mol. The molecule has 258 valence electrons. The predicted molar refractivity (Wildman–Crippen MR) is 229 cm³/mol. The average Bonchev–Trinajstić information content (AvgIpc) is 3.84. The molecule has 0 bridgehead atoms. The van der Waals surface area contributed by atoms with Crippen molar-refractivity contribution in [3.8, 4) is 33.4 Å². The summed E-state index contributed by atoms with van der Waals surface area (Å²) in [5.41, 5.74) is 13.7. The second-order valence-corrected chi connectivity index (χ2v) is 14.1. The fourth-order valence-corrected chi connectivity index (χ4v) is 8.31. The van der Waals surface area contributed by atoms with Crippen molar-refractivity contribution in [1.29, 1.82) is 0 Å². The smallest absolute Gasteiger partial charge is 0.143 e. The van der Waals surface area contributed by atoms with Gasteiger partial charge in [-0.25, -0.2) is 0 Å². The quantitative estimate of drug-likeness (QED) is 0.173. The van der Waals surface area contributed by atoms with E-state index < -0.39 is 0 Å². The molecule has 0 saturated heterocycles. The Kier molecular flexibility index (Phi) is 7.17. The minimum atomic E-state index is 0.887. The highest BCUT2D eigenvalue weighted by molar-refractivity contribution is 6.19. The molecule has 2 heterocycles. The van der Waals surface area contributed by atoms with Crippen LogP contribution >= 0.6 is 0 Å². The van der Waals surface area contributed by atoms with Crippen LogP contribution in [0, 0.1) is 0 Å².